The number of benzene rings is 1. The highest BCUT2D eigenvalue weighted by molar-refractivity contribution is 9.10. The molecule has 8 heteroatoms. The predicted octanol–water partition coefficient (Wildman–Crippen LogP) is 3.81. The minimum Gasteiger partial charge on any atom is -0.506 e. The van der Waals surface area contributed by atoms with Crippen LogP contribution in [0.25, 0.3) is 0 Å². The minimum absolute atomic E-state index is 0.0351. The molecule has 0 spiro atoms. The zero-order valence-electron chi connectivity index (χ0n) is 9.31. The molecule has 0 fully saturated rings. The number of aromatic hydroxyl groups is 1. The first-order valence-electron chi connectivity index (χ1n) is 5.01. The fraction of sp³-hybridized carbons (Fsp3) is 0. The Morgan fingerprint density at radius 1 is 1.21 bits per heavy atom. The van der Waals surface area contributed by atoms with Crippen LogP contribution in [0.3, 0.4) is 0 Å². The number of hydrogen-bond acceptors (Lipinski definition) is 5. The molecule has 1 aromatic carbocycles. The second-order valence-electron chi connectivity index (χ2n) is 3.42. The third-order valence-corrected chi connectivity index (χ3v) is 3.20. The van der Waals surface area contributed by atoms with Crippen molar-refractivity contribution >= 4 is 55.6 Å². The van der Waals surface area contributed by atoms with Crippen LogP contribution in [-0.2, 0) is 0 Å². The molecule has 2 aromatic rings. The average Bonchev–Trinajstić information content (AvgIpc) is 2.37. The number of halogens is 3. The number of nitrogens with zero attached hydrogens (tertiary/aromatic N) is 3. The molecule has 2 rings (SSSR count). The first kappa shape index (κ1) is 14.2. The Bertz CT molecular complexity index is 619. The van der Waals surface area contributed by atoms with Crippen LogP contribution in [-0.4, -0.2) is 21.3 Å². The number of rotatable bonds is 3. The quantitative estimate of drug-likeness (QED) is 0.601. The van der Waals surface area contributed by atoms with E-state index in [1.54, 1.807) is 24.5 Å². The fourth-order valence-corrected chi connectivity index (χ4v) is 2.25. The smallest absolute Gasteiger partial charge is 0.243 e. The summed E-state index contributed by atoms with van der Waals surface area (Å²) in [6, 6.07) is 3.29. The van der Waals surface area contributed by atoms with E-state index < -0.39 is 0 Å². The fourth-order valence-electron chi connectivity index (χ4n) is 1.21. The Balaban J connectivity index is 2.13. The van der Waals surface area contributed by atoms with Crippen LogP contribution in [0.1, 0.15) is 5.56 Å². The van der Waals surface area contributed by atoms with Crippen LogP contribution >= 0.6 is 43.5 Å². The van der Waals surface area contributed by atoms with Gasteiger partial charge in [-0.2, -0.15) is 5.10 Å². The topological polar surface area (TPSA) is 70.4 Å². The van der Waals surface area contributed by atoms with E-state index in [9.17, 15) is 5.11 Å². The lowest BCUT2D eigenvalue weighted by Gasteiger charge is -2.02. The van der Waals surface area contributed by atoms with Crippen molar-refractivity contribution < 1.29 is 5.11 Å². The Labute approximate surface area is 131 Å². The summed E-state index contributed by atoms with van der Waals surface area (Å²) in [6.45, 7) is 0. The summed E-state index contributed by atoms with van der Waals surface area (Å²) < 4.78 is 1.52. The molecule has 5 nitrogen and oxygen atoms in total. The Kier molecular flexibility index (Phi) is 4.73. The first-order valence-corrected chi connectivity index (χ1v) is 6.97. The maximum atomic E-state index is 9.75. The van der Waals surface area contributed by atoms with Crippen LogP contribution in [0.4, 0.5) is 5.95 Å². The van der Waals surface area contributed by atoms with E-state index in [1.807, 2.05) is 0 Å². The van der Waals surface area contributed by atoms with E-state index in [2.05, 4.69) is 52.4 Å². The number of hydrogen-bond donors (Lipinski definition) is 2. The number of hydrazone groups is 1. The molecule has 1 heterocycles. The molecule has 0 saturated carbocycles. The third-order valence-electron chi connectivity index (χ3n) is 2.05. The monoisotopic (exact) mass is 404 g/mol. The van der Waals surface area contributed by atoms with Crippen molar-refractivity contribution in [2.75, 3.05) is 5.43 Å². The van der Waals surface area contributed by atoms with Gasteiger partial charge in [0.25, 0.3) is 0 Å². The highest BCUT2D eigenvalue weighted by Gasteiger charge is 2.05. The molecule has 0 atom stereocenters. The average molecular weight is 406 g/mol. The molecule has 0 aliphatic carbocycles. The van der Waals surface area contributed by atoms with Crippen LogP contribution in [0.5, 0.6) is 5.75 Å². The zero-order valence-corrected chi connectivity index (χ0v) is 13.2. The standard InChI is InChI=1S/C11H7Br2ClN4O/c12-7-1-6(10(19)9(14)2-7)3-17-18-11-15-4-8(13)5-16-11/h1-5,19H,(H,15,16,18)/b17-3+. The second kappa shape index (κ2) is 6.31. The molecule has 0 amide bonds. The highest BCUT2D eigenvalue weighted by atomic mass is 79.9. The molecule has 1 aromatic heterocycles. The zero-order chi connectivity index (χ0) is 13.8. The normalized spacial score (nSPS) is 10.9. The van der Waals surface area contributed by atoms with Gasteiger partial charge in [0.15, 0.2) is 0 Å². The Hall–Kier alpha value is -1.18. The Morgan fingerprint density at radius 3 is 2.58 bits per heavy atom. The lowest BCUT2D eigenvalue weighted by atomic mass is 10.2. The van der Waals surface area contributed by atoms with Gasteiger partial charge < -0.3 is 5.11 Å². The molecule has 0 radical (unpaired) electrons. The van der Waals surface area contributed by atoms with Gasteiger partial charge in [0.1, 0.15) is 5.75 Å². The molecule has 2 N–H and O–H groups in total. The van der Waals surface area contributed by atoms with Gasteiger partial charge in [0.2, 0.25) is 5.95 Å². The molecular formula is C11H7Br2ClN4O. The summed E-state index contributed by atoms with van der Waals surface area (Å²) in [5, 5.41) is 13.9. The summed E-state index contributed by atoms with van der Waals surface area (Å²) in [7, 11) is 0. The van der Waals surface area contributed by atoms with Crippen molar-refractivity contribution in [3.63, 3.8) is 0 Å². The van der Waals surface area contributed by atoms with Crippen molar-refractivity contribution in [2.45, 2.75) is 0 Å². The number of anilines is 1. The van der Waals surface area contributed by atoms with Crippen LogP contribution < -0.4 is 5.43 Å². The predicted molar refractivity (Wildman–Crippen MR) is 81.8 cm³/mol. The number of aromatic nitrogens is 2. The van der Waals surface area contributed by atoms with Crippen molar-refractivity contribution in [2.24, 2.45) is 5.10 Å². The van der Waals surface area contributed by atoms with Gasteiger partial charge in [-0.3, -0.25) is 0 Å². The largest absolute Gasteiger partial charge is 0.506 e. The van der Waals surface area contributed by atoms with Crippen LogP contribution in [0.15, 0.2) is 38.6 Å². The van der Waals surface area contributed by atoms with Gasteiger partial charge in [-0.25, -0.2) is 15.4 Å². The summed E-state index contributed by atoms with van der Waals surface area (Å²) >= 11 is 12.4. The molecule has 0 aliphatic rings. The van der Waals surface area contributed by atoms with E-state index >= 15 is 0 Å². The summed E-state index contributed by atoms with van der Waals surface area (Å²) in [5.74, 6) is 0.312. The van der Waals surface area contributed by atoms with Gasteiger partial charge in [-0.05, 0) is 28.1 Å². The number of phenols is 1. The van der Waals surface area contributed by atoms with Crippen molar-refractivity contribution in [1.82, 2.24) is 9.97 Å². The molecule has 0 saturated heterocycles. The van der Waals surface area contributed by atoms with E-state index in [1.165, 1.54) is 6.21 Å². The minimum atomic E-state index is -0.0351. The molecular weight excluding hydrogens is 399 g/mol. The number of phenolic OH excluding ortho intramolecular Hbond substituents is 1. The maximum Gasteiger partial charge on any atom is 0.243 e. The van der Waals surface area contributed by atoms with Gasteiger partial charge in [-0.15, -0.1) is 0 Å². The summed E-state index contributed by atoms with van der Waals surface area (Å²) in [5.41, 5.74) is 3.12. The van der Waals surface area contributed by atoms with Crippen LogP contribution in [0, 0.1) is 0 Å². The maximum absolute atomic E-state index is 9.75. The van der Waals surface area contributed by atoms with E-state index in [0.717, 1.165) is 8.95 Å². The van der Waals surface area contributed by atoms with E-state index in [4.69, 9.17) is 11.6 Å². The molecule has 0 unspecified atom stereocenters. The van der Waals surface area contributed by atoms with Crippen molar-refractivity contribution in [1.29, 1.82) is 0 Å². The first-order chi connectivity index (χ1) is 9.06. The molecule has 0 aliphatic heterocycles. The second-order valence-corrected chi connectivity index (χ2v) is 5.66. The van der Waals surface area contributed by atoms with Gasteiger partial charge in [0.05, 0.1) is 15.7 Å². The highest BCUT2D eigenvalue weighted by Crippen LogP contribution is 2.30. The van der Waals surface area contributed by atoms with Crippen molar-refractivity contribution in [3.05, 3.63) is 44.1 Å². The van der Waals surface area contributed by atoms with Gasteiger partial charge >= 0.3 is 0 Å². The van der Waals surface area contributed by atoms with Crippen LogP contribution in [0.2, 0.25) is 5.02 Å². The molecule has 98 valence electrons. The Morgan fingerprint density at radius 2 is 1.89 bits per heavy atom. The lowest BCUT2D eigenvalue weighted by Crippen LogP contribution is -1.96. The molecule has 19 heavy (non-hydrogen) atoms. The van der Waals surface area contributed by atoms with Crippen molar-refractivity contribution in [3.8, 4) is 5.75 Å². The third kappa shape index (κ3) is 3.89. The molecule has 0 bridgehead atoms. The van der Waals surface area contributed by atoms with Gasteiger partial charge in [-0.1, -0.05) is 27.5 Å². The summed E-state index contributed by atoms with van der Waals surface area (Å²) in [4.78, 5) is 7.97. The van der Waals surface area contributed by atoms with E-state index in [0.29, 0.717) is 11.5 Å². The van der Waals surface area contributed by atoms with Gasteiger partial charge in [0, 0.05) is 22.4 Å². The number of nitrogens with one attached hydrogen (secondary N) is 1. The SMILES string of the molecule is Oc1c(Cl)cc(Br)cc1/C=N/Nc1ncc(Br)cn1. The van der Waals surface area contributed by atoms with E-state index in [-0.39, 0.29) is 10.8 Å². The lowest BCUT2D eigenvalue weighted by molar-refractivity contribution is 0.474. The summed E-state index contributed by atoms with van der Waals surface area (Å²) in [6.07, 6.45) is 4.62.